The summed E-state index contributed by atoms with van der Waals surface area (Å²) in [4.78, 5) is 79.0. The molecule has 4 fully saturated rings. The van der Waals surface area contributed by atoms with E-state index in [0.29, 0.717) is 13.0 Å². The molecule has 12 nitrogen and oxygen atoms in total. The van der Waals surface area contributed by atoms with Gasteiger partial charge in [-0.05, 0) is 67.6 Å². The Morgan fingerprint density at radius 1 is 0.976 bits per heavy atom. The first-order valence-corrected chi connectivity index (χ1v) is 15.2. The second-order valence-electron chi connectivity index (χ2n) is 14.3. The van der Waals surface area contributed by atoms with Gasteiger partial charge in [-0.2, -0.15) is 0 Å². The summed E-state index contributed by atoms with van der Waals surface area (Å²) < 4.78 is 5.49. The lowest BCUT2D eigenvalue weighted by Gasteiger charge is -2.38. The Hall–Kier alpha value is -3.18. The van der Waals surface area contributed by atoms with Gasteiger partial charge < -0.3 is 31.3 Å². The quantitative estimate of drug-likeness (QED) is 0.208. The van der Waals surface area contributed by atoms with Gasteiger partial charge in [0, 0.05) is 6.54 Å². The SMILES string of the molecule is C[C@H](NC(=O)N[C@H](C(=O)N1C[C@H]2[C@@H]([C@H]1C(=O)NC(CC1CC1)C(=O)C(N)=O)C2(C)C)C(C)(C)C)C(=O)OC1CCCC1. The Morgan fingerprint density at radius 2 is 1.60 bits per heavy atom. The molecule has 0 radical (unpaired) electrons. The fourth-order valence-corrected chi connectivity index (χ4v) is 6.68. The molecule has 5 N–H and O–H groups in total. The molecule has 3 aliphatic carbocycles. The highest BCUT2D eigenvalue weighted by Crippen LogP contribution is 2.65. The number of hydrogen-bond donors (Lipinski definition) is 4. The number of hydrogen-bond acceptors (Lipinski definition) is 7. The van der Waals surface area contributed by atoms with E-state index in [0.717, 1.165) is 38.5 Å². The maximum Gasteiger partial charge on any atom is 0.328 e. The van der Waals surface area contributed by atoms with E-state index < -0.39 is 65.1 Å². The van der Waals surface area contributed by atoms with Crippen molar-refractivity contribution in [3.8, 4) is 0 Å². The number of rotatable bonds is 11. The van der Waals surface area contributed by atoms with Crippen molar-refractivity contribution in [1.29, 1.82) is 0 Å². The van der Waals surface area contributed by atoms with Gasteiger partial charge in [0.2, 0.25) is 17.6 Å². The first-order chi connectivity index (χ1) is 19.5. The number of likely N-dealkylation sites (tertiary alicyclic amines) is 1. The van der Waals surface area contributed by atoms with Crippen molar-refractivity contribution in [2.24, 2.45) is 34.3 Å². The minimum Gasteiger partial charge on any atom is -0.461 e. The summed E-state index contributed by atoms with van der Waals surface area (Å²) in [6, 6.07) is -4.52. The Morgan fingerprint density at radius 3 is 2.14 bits per heavy atom. The van der Waals surface area contributed by atoms with Gasteiger partial charge in [0.05, 0.1) is 6.04 Å². The van der Waals surface area contributed by atoms with Gasteiger partial charge in [-0.3, -0.25) is 19.2 Å². The molecule has 4 rings (SSSR count). The molecule has 1 saturated heterocycles. The molecular weight excluding hydrogens is 542 g/mol. The van der Waals surface area contributed by atoms with Crippen LogP contribution in [-0.4, -0.2) is 77.2 Å². The third-order valence-electron chi connectivity index (χ3n) is 9.58. The number of Topliss-reactive ketones (excluding diaryl/α,β-unsaturated/α-hetero) is 1. The molecule has 234 valence electrons. The fraction of sp³-hybridized carbons (Fsp3) is 0.800. The van der Waals surface area contributed by atoms with E-state index in [1.54, 1.807) is 20.8 Å². The summed E-state index contributed by atoms with van der Waals surface area (Å²) in [5, 5.41) is 8.06. The zero-order valence-corrected chi connectivity index (χ0v) is 25.7. The van der Waals surface area contributed by atoms with E-state index in [9.17, 15) is 28.8 Å². The van der Waals surface area contributed by atoms with Crippen LogP contribution in [-0.2, 0) is 28.7 Å². The number of nitrogens with one attached hydrogen (secondary N) is 3. The number of carbonyl (C=O) groups is 6. The van der Waals surface area contributed by atoms with Crippen LogP contribution in [0.4, 0.5) is 4.79 Å². The second-order valence-corrected chi connectivity index (χ2v) is 14.3. The zero-order chi connectivity index (χ0) is 31.1. The van der Waals surface area contributed by atoms with E-state index in [1.165, 1.54) is 11.8 Å². The third kappa shape index (κ3) is 6.89. The summed E-state index contributed by atoms with van der Waals surface area (Å²) in [6.45, 7) is 11.4. The van der Waals surface area contributed by atoms with E-state index in [2.05, 4.69) is 16.0 Å². The zero-order valence-electron chi connectivity index (χ0n) is 25.7. The minimum absolute atomic E-state index is 0.0748. The molecule has 3 saturated carbocycles. The molecule has 0 aromatic rings. The number of amides is 5. The van der Waals surface area contributed by atoms with Crippen LogP contribution in [0, 0.1) is 28.6 Å². The fourth-order valence-electron chi connectivity index (χ4n) is 6.68. The second kappa shape index (κ2) is 11.8. The van der Waals surface area contributed by atoms with E-state index >= 15 is 0 Å². The number of piperidine rings is 1. The Balaban J connectivity index is 1.46. The van der Waals surface area contributed by atoms with E-state index in [1.807, 2.05) is 13.8 Å². The molecule has 0 spiro atoms. The van der Waals surface area contributed by atoms with Gasteiger partial charge in [-0.15, -0.1) is 0 Å². The monoisotopic (exact) mass is 589 g/mol. The van der Waals surface area contributed by atoms with E-state index in [4.69, 9.17) is 10.5 Å². The smallest absolute Gasteiger partial charge is 0.328 e. The molecule has 1 unspecified atom stereocenters. The lowest BCUT2D eigenvalue weighted by Crippen LogP contribution is -2.62. The standard InChI is InChI=1S/C30H47N5O7/c1-15(27(40)42-17-9-7-8-10-17)32-28(41)34-23(29(2,3)4)26(39)35-14-18-20(30(18,5)6)21(35)25(38)33-19(13-16-11-12-16)22(36)24(31)37/h15-21,23H,7-14H2,1-6H3,(H2,31,37)(H,33,38)(H2,32,34,41)/t15-,18-,19?,20-,21-,23+/m0/s1. The van der Waals surface area contributed by atoms with Crippen molar-refractivity contribution in [3.63, 3.8) is 0 Å². The van der Waals surface area contributed by atoms with Crippen molar-refractivity contribution in [1.82, 2.24) is 20.9 Å². The highest BCUT2D eigenvalue weighted by atomic mass is 16.5. The van der Waals surface area contributed by atoms with Crippen LogP contribution >= 0.6 is 0 Å². The topological polar surface area (TPSA) is 177 Å². The molecule has 6 atom stereocenters. The Labute approximate surface area is 247 Å². The number of urea groups is 1. The number of ketones is 1. The maximum atomic E-state index is 14.1. The normalized spacial score (nSPS) is 26.8. The van der Waals surface area contributed by atoms with Crippen molar-refractivity contribution < 1.29 is 33.5 Å². The maximum absolute atomic E-state index is 14.1. The number of nitrogens with zero attached hydrogens (tertiary/aromatic N) is 1. The summed E-state index contributed by atoms with van der Waals surface area (Å²) >= 11 is 0. The number of fused-ring (bicyclic) bond motifs is 1. The van der Waals surface area contributed by atoms with Gasteiger partial charge in [0.15, 0.2) is 0 Å². The van der Waals surface area contributed by atoms with Crippen LogP contribution in [0.2, 0.25) is 0 Å². The van der Waals surface area contributed by atoms with Gasteiger partial charge >= 0.3 is 12.0 Å². The van der Waals surface area contributed by atoms with Crippen molar-refractivity contribution in [2.75, 3.05) is 6.54 Å². The molecule has 42 heavy (non-hydrogen) atoms. The predicted octanol–water partition coefficient (Wildman–Crippen LogP) is 1.40. The van der Waals surface area contributed by atoms with E-state index in [-0.39, 0.29) is 29.3 Å². The Bertz CT molecular complexity index is 1120. The summed E-state index contributed by atoms with van der Waals surface area (Å²) in [7, 11) is 0. The largest absolute Gasteiger partial charge is 0.461 e. The molecule has 5 amide bonds. The van der Waals surface area contributed by atoms with Gasteiger partial charge in [0.25, 0.3) is 5.91 Å². The van der Waals surface area contributed by atoms with Gasteiger partial charge in [-0.1, -0.05) is 47.5 Å². The molecule has 12 heteroatoms. The first kappa shape index (κ1) is 31.7. The average Bonchev–Trinajstić information content (AvgIpc) is 3.61. The number of primary amides is 1. The summed E-state index contributed by atoms with van der Waals surface area (Å²) in [6.07, 6.45) is 5.67. The minimum atomic E-state index is -1.10. The molecule has 0 aromatic heterocycles. The molecular formula is C30H47N5O7. The Kier molecular flexibility index (Phi) is 8.95. The molecule has 1 aliphatic heterocycles. The first-order valence-electron chi connectivity index (χ1n) is 15.2. The number of ether oxygens (including phenoxy) is 1. The number of esters is 1. The van der Waals surface area contributed by atoms with Crippen LogP contribution in [0.25, 0.3) is 0 Å². The van der Waals surface area contributed by atoms with Crippen molar-refractivity contribution in [2.45, 2.75) is 117 Å². The van der Waals surface area contributed by atoms with Gasteiger partial charge in [-0.25, -0.2) is 9.59 Å². The van der Waals surface area contributed by atoms with Crippen LogP contribution in [0.5, 0.6) is 0 Å². The van der Waals surface area contributed by atoms with Crippen LogP contribution in [0.1, 0.15) is 86.5 Å². The molecule has 0 bridgehead atoms. The highest BCUT2D eigenvalue weighted by molar-refractivity contribution is 6.37. The van der Waals surface area contributed by atoms with Crippen LogP contribution in [0.3, 0.4) is 0 Å². The van der Waals surface area contributed by atoms with Crippen LogP contribution in [0.15, 0.2) is 0 Å². The lowest BCUT2D eigenvalue weighted by atomic mass is 9.85. The van der Waals surface area contributed by atoms with Gasteiger partial charge in [0.1, 0.15) is 24.2 Å². The summed E-state index contributed by atoms with van der Waals surface area (Å²) in [5.74, 6) is -3.21. The molecule has 0 aromatic carbocycles. The highest BCUT2D eigenvalue weighted by Gasteiger charge is 2.70. The van der Waals surface area contributed by atoms with Crippen LogP contribution < -0.4 is 21.7 Å². The number of nitrogens with two attached hydrogens (primary N) is 1. The number of carbonyl (C=O) groups excluding carboxylic acids is 6. The molecule has 4 aliphatic rings. The van der Waals surface area contributed by atoms with Crippen molar-refractivity contribution in [3.05, 3.63) is 0 Å². The lowest BCUT2D eigenvalue weighted by molar-refractivity contribution is -0.150. The summed E-state index contributed by atoms with van der Waals surface area (Å²) in [5.41, 5.74) is 4.35. The van der Waals surface area contributed by atoms with Crippen molar-refractivity contribution >= 4 is 35.5 Å². The molecule has 1 heterocycles. The third-order valence-corrected chi connectivity index (χ3v) is 9.58. The predicted molar refractivity (Wildman–Crippen MR) is 152 cm³/mol. The average molecular weight is 590 g/mol.